The molecule has 2 N–H and O–H groups in total. The number of ether oxygens (including phenoxy) is 1. The minimum Gasteiger partial charge on any atom is -0.395 e. The Kier molecular flexibility index (Phi) is 10.5. The zero-order valence-corrected chi connectivity index (χ0v) is 31.2. The van der Waals surface area contributed by atoms with Crippen LogP contribution in [0, 0.1) is 13.8 Å². The molecular weight excluding hydrogens is 725 g/mol. The highest BCUT2D eigenvalue weighted by Gasteiger charge is 2.55. The van der Waals surface area contributed by atoms with E-state index < -0.39 is 45.6 Å². The molecule has 5 heterocycles. The predicted molar refractivity (Wildman–Crippen MR) is 195 cm³/mol. The first-order valence-corrected chi connectivity index (χ1v) is 19.3. The van der Waals surface area contributed by atoms with Gasteiger partial charge in [0.1, 0.15) is 35.5 Å². The molecule has 0 saturated carbocycles. The van der Waals surface area contributed by atoms with Gasteiger partial charge in [-0.3, -0.25) is 0 Å². The molecule has 2 aromatic heterocycles. The van der Waals surface area contributed by atoms with Crippen LogP contribution in [0.15, 0.2) is 90.3 Å². The molecule has 5 atom stereocenters. The van der Waals surface area contributed by atoms with Crippen molar-refractivity contribution in [2.45, 2.75) is 90.7 Å². The van der Waals surface area contributed by atoms with Gasteiger partial charge < -0.3 is 41.6 Å². The molecule has 0 bridgehead atoms. The van der Waals surface area contributed by atoms with Gasteiger partial charge >= 0.3 is 14.8 Å². The Bertz CT molecular complexity index is 2110. The molecule has 0 unspecified atom stereocenters. The summed E-state index contributed by atoms with van der Waals surface area (Å²) in [5.74, 6) is 0.240. The fourth-order valence-corrected chi connectivity index (χ4v) is 8.85. The van der Waals surface area contributed by atoms with Crippen LogP contribution in [0.1, 0.15) is 55.8 Å². The van der Waals surface area contributed by atoms with Crippen molar-refractivity contribution in [1.29, 1.82) is 0 Å². The molecule has 0 amide bonds. The molecule has 12 nitrogen and oxygen atoms in total. The number of halogens is 3. The fraction of sp³-hybridized carbons (Fsp3) is 0.378. The Hall–Kier alpha value is -4.47. The maximum absolute atomic E-state index is 15.9. The van der Waals surface area contributed by atoms with Gasteiger partial charge in [0.15, 0.2) is 11.9 Å². The van der Waals surface area contributed by atoms with Crippen molar-refractivity contribution in [3.63, 3.8) is 0 Å². The number of rotatable bonds is 13. The van der Waals surface area contributed by atoms with Crippen molar-refractivity contribution in [2.24, 2.45) is 0 Å². The van der Waals surface area contributed by atoms with E-state index in [1.165, 1.54) is 37.9 Å². The summed E-state index contributed by atoms with van der Waals surface area (Å²) >= 11 is 0. The van der Waals surface area contributed by atoms with Crippen molar-refractivity contribution in [3.05, 3.63) is 113 Å². The lowest BCUT2D eigenvalue weighted by atomic mass is 9.84. The summed E-state index contributed by atoms with van der Waals surface area (Å²) in [7, 11) is -4.63. The van der Waals surface area contributed by atoms with Crippen LogP contribution >= 0.6 is 7.82 Å². The Balaban J connectivity index is 1.01. The molecule has 1 saturated heterocycles. The van der Waals surface area contributed by atoms with E-state index in [-0.39, 0.29) is 18.0 Å². The molecule has 4 aromatic rings. The molecule has 17 heteroatoms. The zero-order chi connectivity index (χ0) is 38.4. The van der Waals surface area contributed by atoms with Gasteiger partial charge in [-0.05, 0) is 88.0 Å². The van der Waals surface area contributed by atoms with Crippen LogP contribution in [0.5, 0.6) is 11.5 Å². The lowest BCUT2D eigenvalue weighted by Gasteiger charge is -2.39. The number of allylic oxidation sites excluding steroid dienone is 3. The highest BCUT2D eigenvalue weighted by Crippen LogP contribution is 2.52. The average molecular weight is 768 g/mol. The molecule has 1 fully saturated rings. The molecule has 0 spiro atoms. The Morgan fingerprint density at radius 2 is 1.57 bits per heavy atom. The lowest BCUT2D eigenvalue weighted by molar-refractivity contribution is -0.363. The number of hydrogen-bond donors (Lipinski definition) is 2. The Labute approximate surface area is 310 Å². The smallest absolute Gasteiger partial charge is 0.395 e. The van der Waals surface area contributed by atoms with Crippen molar-refractivity contribution in [3.8, 4) is 11.5 Å². The Morgan fingerprint density at radius 1 is 0.944 bits per heavy atom. The first-order chi connectivity index (χ1) is 25.8. The third-order valence-electron chi connectivity index (χ3n) is 9.88. The van der Waals surface area contributed by atoms with Crippen LogP contribution < -0.4 is 9.05 Å². The standard InChI is InChI=1S/C37H42BF3N5O7P/c1-23-19-25(3)45-33(23)30(34-24(2)20-26(4)46(34)38(45,40)41)18-12-11-13-27-21-44(43-42-27)22-31-35(47)36(48)32(39)37(50-31)53-54(49,51-28-14-7-5-8-15-28)52-29-16-9-6-10-17-29/h5-10,14-17,19-21,31-32,35-37,47-48H,11-13,18,22H2,1-4H3/t31-,32-,35-,36-,37+/m1/s1. The van der Waals surface area contributed by atoms with Gasteiger partial charge in [-0.25, -0.2) is 18.2 Å². The van der Waals surface area contributed by atoms with E-state index in [2.05, 4.69) is 10.3 Å². The summed E-state index contributed by atoms with van der Waals surface area (Å²) in [6.07, 6.45) is -3.22. The second kappa shape index (κ2) is 15.0. The van der Waals surface area contributed by atoms with E-state index in [0.29, 0.717) is 54.2 Å². The molecule has 54 heavy (non-hydrogen) atoms. The highest BCUT2D eigenvalue weighted by atomic mass is 31.2. The number of unbranched alkanes of at least 4 members (excludes halogenated alkanes) is 1. The van der Waals surface area contributed by atoms with Crippen LogP contribution in [-0.2, 0) is 26.8 Å². The van der Waals surface area contributed by atoms with E-state index in [1.54, 1.807) is 56.4 Å². The number of nitrogens with zero attached hydrogens (tertiary/aromatic N) is 5. The SMILES string of the molecule is CC1=CC(C)=[N+]2C1=C(CCCCc1cn(C[C@H]3O[C@@H](OP(=O)(Oc4ccccc4)Oc4ccccc4)[C@H](F)[C@@H](O)[C@@H]3O)nn1)c1c(C)cc(C)n1[B-]2(F)F. The summed E-state index contributed by atoms with van der Waals surface area (Å²) in [4.78, 5) is 0. The lowest BCUT2D eigenvalue weighted by Crippen LogP contribution is -2.57. The zero-order valence-electron chi connectivity index (χ0n) is 30.3. The van der Waals surface area contributed by atoms with E-state index in [1.807, 2.05) is 26.0 Å². The van der Waals surface area contributed by atoms with Crippen LogP contribution in [0.3, 0.4) is 0 Å². The van der Waals surface area contributed by atoms with E-state index in [9.17, 15) is 14.8 Å². The maximum atomic E-state index is 15.9. The number of para-hydroxylation sites is 2. The minimum absolute atomic E-state index is 0.120. The molecule has 0 radical (unpaired) electrons. The third kappa shape index (κ3) is 7.33. The monoisotopic (exact) mass is 767 g/mol. The molecule has 7 rings (SSSR count). The molecule has 3 aliphatic heterocycles. The second-order valence-corrected chi connectivity index (χ2v) is 15.4. The molecule has 286 valence electrons. The van der Waals surface area contributed by atoms with Crippen LogP contribution in [-0.4, -0.2) is 77.6 Å². The number of aromatic nitrogens is 4. The maximum Gasteiger partial charge on any atom is 0.737 e. The number of aryl methyl sites for hydroxylation is 3. The molecular formula is C37H42BF3N5O7P. The van der Waals surface area contributed by atoms with Gasteiger partial charge in [-0.1, -0.05) is 41.6 Å². The Morgan fingerprint density at radius 3 is 2.22 bits per heavy atom. The van der Waals surface area contributed by atoms with Crippen molar-refractivity contribution >= 4 is 26.1 Å². The summed E-state index contributed by atoms with van der Waals surface area (Å²) in [5, 5.41) is 29.8. The van der Waals surface area contributed by atoms with Gasteiger partial charge in [0, 0.05) is 36.0 Å². The average Bonchev–Trinajstić information content (AvgIpc) is 3.80. The number of phosphoric ester groups is 1. The number of aliphatic hydroxyl groups excluding tert-OH is 2. The van der Waals surface area contributed by atoms with E-state index in [4.69, 9.17) is 18.3 Å². The number of aliphatic hydroxyl groups is 2. The van der Waals surface area contributed by atoms with Gasteiger partial charge in [0.25, 0.3) is 0 Å². The number of benzene rings is 2. The third-order valence-corrected chi connectivity index (χ3v) is 11.2. The van der Waals surface area contributed by atoms with Gasteiger partial charge in [-0.2, -0.15) is 0 Å². The normalized spacial score (nSPS) is 23.6. The van der Waals surface area contributed by atoms with Crippen molar-refractivity contribution in [1.82, 2.24) is 19.5 Å². The first-order valence-electron chi connectivity index (χ1n) is 17.8. The second-order valence-electron chi connectivity index (χ2n) is 13.9. The van der Waals surface area contributed by atoms with Crippen LogP contribution in [0.2, 0.25) is 0 Å². The molecule has 3 aliphatic rings. The minimum atomic E-state index is -4.63. The fourth-order valence-electron chi connectivity index (χ4n) is 7.54. The quantitative estimate of drug-likeness (QED) is 0.0883. The number of hydrogen-bond acceptors (Lipinski definition) is 9. The highest BCUT2D eigenvalue weighted by molar-refractivity contribution is 7.49. The van der Waals surface area contributed by atoms with Crippen molar-refractivity contribution in [2.75, 3.05) is 0 Å². The molecule has 0 aliphatic carbocycles. The summed E-state index contributed by atoms with van der Waals surface area (Å²) < 4.78 is 87.3. The number of alkyl halides is 1. The predicted octanol–water partition coefficient (Wildman–Crippen LogP) is 6.56. The molecule has 2 aromatic carbocycles. The largest absolute Gasteiger partial charge is 0.737 e. The van der Waals surface area contributed by atoms with E-state index in [0.717, 1.165) is 16.7 Å². The van der Waals surface area contributed by atoms with E-state index >= 15 is 13.0 Å². The first kappa shape index (κ1) is 37.8. The van der Waals surface area contributed by atoms with Crippen LogP contribution in [0.25, 0.3) is 5.57 Å². The van der Waals surface area contributed by atoms with Gasteiger partial charge in [-0.15, -0.1) is 5.10 Å². The van der Waals surface area contributed by atoms with Gasteiger partial charge in [0.2, 0.25) is 6.29 Å². The summed E-state index contributed by atoms with van der Waals surface area (Å²) in [6.45, 7) is 2.98. The number of phosphoric acid groups is 1. The topological polar surface area (TPSA) is 133 Å². The van der Waals surface area contributed by atoms with Crippen LogP contribution in [0.4, 0.5) is 13.0 Å². The van der Waals surface area contributed by atoms with Gasteiger partial charge in [0.05, 0.1) is 12.2 Å². The summed E-state index contributed by atoms with van der Waals surface area (Å²) in [6, 6.07) is 17.9. The van der Waals surface area contributed by atoms with Crippen molar-refractivity contribution < 1.29 is 50.6 Å². The summed E-state index contributed by atoms with van der Waals surface area (Å²) in [5.41, 5.74) is 5.35. The number of fused-ring (bicyclic) bond motifs is 2.